The largest absolute Gasteiger partial charge is 0.494 e. The van der Waals surface area contributed by atoms with Crippen LogP contribution in [-0.2, 0) is 11.3 Å². The van der Waals surface area contributed by atoms with Gasteiger partial charge in [0.1, 0.15) is 5.75 Å². The van der Waals surface area contributed by atoms with Crippen molar-refractivity contribution < 1.29 is 14.4 Å². The number of hydrogen-bond donors (Lipinski definition) is 1. The molecule has 1 aliphatic rings. The van der Waals surface area contributed by atoms with Crippen molar-refractivity contribution in [2.45, 2.75) is 84.5 Å². The zero-order valence-electron chi connectivity index (χ0n) is 20.2. The summed E-state index contributed by atoms with van der Waals surface area (Å²) in [4.78, 5) is 17.3. The molecule has 1 N–H and O–H groups in total. The van der Waals surface area contributed by atoms with E-state index in [1.807, 2.05) is 24.3 Å². The van der Waals surface area contributed by atoms with Crippen molar-refractivity contribution in [3.8, 4) is 5.75 Å². The van der Waals surface area contributed by atoms with Gasteiger partial charge < -0.3 is 4.74 Å². The summed E-state index contributed by atoms with van der Waals surface area (Å²) in [7, 11) is 0. The summed E-state index contributed by atoms with van der Waals surface area (Å²) in [5, 5.41) is 6.86. The van der Waals surface area contributed by atoms with Crippen LogP contribution in [0.15, 0.2) is 47.6 Å². The van der Waals surface area contributed by atoms with E-state index in [2.05, 4.69) is 42.5 Å². The maximum atomic E-state index is 12.2. The van der Waals surface area contributed by atoms with Crippen molar-refractivity contribution in [1.82, 2.24) is 0 Å². The van der Waals surface area contributed by atoms with Crippen molar-refractivity contribution >= 4 is 17.5 Å². The van der Waals surface area contributed by atoms with Crippen LogP contribution < -0.4 is 10.1 Å². The summed E-state index contributed by atoms with van der Waals surface area (Å²) >= 11 is 0. The van der Waals surface area contributed by atoms with E-state index >= 15 is 0 Å². The highest BCUT2D eigenvalue weighted by molar-refractivity contribution is 6.02. The maximum Gasteiger partial charge on any atom is 0.437 e. The van der Waals surface area contributed by atoms with Gasteiger partial charge in [-0.15, -0.1) is 0 Å². The normalized spacial score (nSPS) is 14.1. The topological polar surface area (TPSA) is 59.9 Å². The van der Waals surface area contributed by atoms with Gasteiger partial charge in [-0.3, -0.25) is 10.2 Å². The molecular formula is C28H38N2O3. The molecule has 3 rings (SSSR count). The summed E-state index contributed by atoms with van der Waals surface area (Å²) < 4.78 is 5.81. The molecule has 33 heavy (non-hydrogen) atoms. The number of benzene rings is 2. The average Bonchev–Trinajstić information content (AvgIpc) is 2.82. The van der Waals surface area contributed by atoms with Crippen molar-refractivity contribution in [3.05, 3.63) is 59.2 Å². The van der Waals surface area contributed by atoms with E-state index in [1.54, 1.807) is 0 Å². The molecule has 1 aliphatic carbocycles. The quantitative estimate of drug-likeness (QED) is 0.204. The van der Waals surface area contributed by atoms with Crippen LogP contribution in [-0.4, -0.2) is 18.4 Å². The van der Waals surface area contributed by atoms with Gasteiger partial charge in [-0.2, -0.15) is 0 Å². The highest BCUT2D eigenvalue weighted by Crippen LogP contribution is 2.23. The number of aryl methyl sites for hydroxylation is 2. The predicted molar refractivity (Wildman–Crippen MR) is 135 cm³/mol. The molecular weight excluding hydrogens is 412 g/mol. The smallest absolute Gasteiger partial charge is 0.437 e. The van der Waals surface area contributed by atoms with Gasteiger partial charge in [-0.05, 0) is 62.4 Å². The summed E-state index contributed by atoms with van der Waals surface area (Å²) in [5.41, 5.74) is 5.07. The number of carbonyl (C=O) groups is 1. The van der Waals surface area contributed by atoms with Gasteiger partial charge >= 0.3 is 6.09 Å². The van der Waals surface area contributed by atoms with E-state index in [-0.39, 0.29) is 0 Å². The number of hydrogen-bond acceptors (Lipinski definition) is 4. The molecule has 5 nitrogen and oxygen atoms in total. The maximum absolute atomic E-state index is 12.2. The third-order valence-electron chi connectivity index (χ3n) is 6.04. The Morgan fingerprint density at radius 1 is 0.939 bits per heavy atom. The fourth-order valence-corrected chi connectivity index (χ4v) is 4.18. The second-order valence-electron chi connectivity index (χ2n) is 8.90. The molecule has 2 aromatic rings. The van der Waals surface area contributed by atoms with Crippen LogP contribution in [0.3, 0.4) is 0 Å². The number of amides is 1. The van der Waals surface area contributed by atoms with Gasteiger partial charge in [0.15, 0.2) is 0 Å². The van der Waals surface area contributed by atoms with Crippen LogP contribution in [0.5, 0.6) is 5.75 Å². The van der Waals surface area contributed by atoms with E-state index in [1.165, 1.54) is 56.1 Å². The Morgan fingerprint density at radius 3 is 2.42 bits per heavy atom. The molecule has 0 aliphatic heterocycles. The SMILES string of the molecule is CCCCCCCCCCOc1ccc(NC(=O)O/N=C2\CCCc3cc(C)ccc32)cc1. The number of fused-ring (bicyclic) bond motifs is 1. The minimum absolute atomic E-state index is 0.589. The van der Waals surface area contributed by atoms with Gasteiger partial charge in [0.05, 0.1) is 12.3 Å². The molecule has 5 heteroatoms. The molecule has 0 bridgehead atoms. The van der Waals surface area contributed by atoms with E-state index in [4.69, 9.17) is 9.57 Å². The van der Waals surface area contributed by atoms with Gasteiger partial charge in [0, 0.05) is 11.3 Å². The number of unbranched alkanes of at least 4 members (excludes halogenated alkanes) is 7. The number of nitrogens with one attached hydrogen (secondary N) is 1. The zero-order valence-corrected chi connectivity index (χ0v) is 20.2. The number of oxime groups is 1. The Balaban J connectivity index is 1.36. The summed E-state index contributed by atoms with van der Waals surface area (Å²) in [6.45, 7) is 5.06. The molecule has 178 valence electrons. The van der Waals surface area contributed by atoms with Gasteiger partial charge in [0.25, 0.3) is 0 Å². The lowest BCUT2D eigenvalue weighted by Crippen LogP contribution is -2.16. The molecule has 0 saturated carbocycles. The molecule has 0 saturated heterocycles. The fraction of sp³-hybridized carbons (Fsp3) is 0.500. The minimum Gasteiger partial charge on any atom is -0.494 e. The van der Waals surface area contributed by atoms with Gasteiger partial charge in [0.2, 0.25) is 0 Å². The predicted octanol–water partition coefficient (Wildman–Crippen LogP) is 7.80. The first-order chi connectivity index (χ1) is 16.2. The molecule has 0 fully saturated rings. The highest BCUT2D eigenvalue weighted by Gasteiger charge is 2.16. The Morgan fingerprint density at radius 2 is 1.67 bits per heavy atom. The minimum atomic E-state index is -0.589. The molecule has 2 aromatic carbocycles. The van der Waals surface area contributed by atoms with Crippen LogP contribution in [0.4, 0.5) is 10.5 Å². The standard InChI is InChI=1S/C28H38N2O3/c1-3-4-5-6-7-8-9-10-20-32-25-17-15-24(16-18-25)29-28(31)33-30-27-13-11-12-23-21-22(2)14-19-26(23)27/h14-19,21H,3-13,20H2,1-2H3,(H,29,31)/b30-27+. The van der Waals surface area contributed by atoms with Crippen LogP contribution in [0, 0.1) is 6.92 Å². The third-order valence-corrected chi connectivity index (χ3v) is 6.04. The lowest BCUT2D eigenvalue weighted by Gasteiger charge is -2.17. The molecule has 0 spiro atoms. The number of rotatable bonds is 12. The second-order valence-corrected chi connectivity index (χ2v) is 8.90. The monoisotopic (exact) mass is 450 g/mol. The number of carbonyl (C=O) groups excluding carboxylic acids is 1. The zero-order chi connectivity index (χ0) is 23.3. The average molecular weight is 451 g/mol. The first-order valence-electron chi connectivity index (χ1n) is 12.5. The van der Waals surface area contributed by atoms with Gasteiger partial charge in [-0.25, -0.2) is 4.79 Å². The Hall–Kier alpha value is -2.82. The third kappa shape index (κ3) is 8.56. The van der Waals surface area contributed by atoms with Crippen LogP contribution >= 0.6 is 0 Å². The highest BCUT2D eigenvalue weighted by atomic mass is 16.7. The van der Waals surface area contributed by atoms with Crippen molar-refractivity contribution in [2.75, 3.05) is 11.9 Å². The van der Waals surface area contributed by atoms with Gasteiger partial charge in [-0.1, -0.05) is 80.8 Å². The summed E-state index contributed by atoms with van der Waals surface area (Å²) in [6, 6.07) is 13.7. The molecule has 0 heterocycles. The molecule has 0 radical (unpaired) electrons. The van der Waals surface area contributed by atoms with E-state index < -0.39 is 6.09 Å². The number of ether oxygens (including phenoxy) is 1. The van der Waals surface area contributed by atoms with Crippen molar-refractivity contribution in [2.24, 2.45) is 5.16 Å². The molecule has 0 aromatic heterocycles. The van der Waals surface area contributed by atoms with E-state index in [0.717, 1.165) is 49.3 Å². The lowest BCUT2D eigenvalue weighted by molar-refractivity contribution is 0.166. The number of anilines is 1. The molecule has 0 atom stereocenters. The van der Waals surface area contributed by atoms with Crippen LogP contribution in [0.2, 0.25) is 0 Å². The first-order valence-corrected chi connectivity index (χ1v) is 12.5. The van der Waals surface area contributed by atoms with Crippen molar-refractivity contribution in [1.29, 1.82) is 0 Å². The molecule has 1 amide bonds. The number of nitrogens with zero attached hydrogens (tertiary/aromatic N) is 1. The lowest BCUT2D eigenvalue weighted by atomic mass is 9.89. The second kappa shape index (κ2) is 13.7. The van der Waals surface area contributed by atoms with E-state index in [0.29, 0.717) is 5.69 Å². The summed E-state index contributed by atoms with van der Waals surface area (Å²) in [6.07, 6.45) is 12.5. The molecule has 0 unspecified atom stereocenters. The van der Waals surface area contributed by atoms with Crippen LogP contribution in [0.1, 0.15) is 87.8 Å². The fourth-order valence-electron chi connectivity index (χ4n) is 4.18. The first kappa shape index (κ1) is 24.8. The Labute approximate surface area is 198 Å². The Kier molecular flexibility index (Phi) is 10.3. The van der Waals surface area contributed by atoms with Crippen molar-refractivity contribution in [3.63, 3.8) is 0 Å². The Bertz CT molecular complexity index is 906. The van der Waals surface area contributed by atoms with Crippen LogP contribution in [0.25, 0.3) is 0 Å². The summed E-state index contributed by atoms with van der Waals surface area (Å²) in [5.74, 6) is 0.811. The van der Waals surface area contributed by atoms with E-state index in [9.17, 15) is 4.79 Å².